The van der Waals surface area contributed by atoms with Crippen LogP contribution in [-0.4, -0.2) is 81.4 Å². The van der Waals surface area contributed by atoms with Crippen LogP contribution in [0.5, 0.6) is 0 Å². The number of aliphatic hydroxyl groups is 2. The zero-order chi connectivity index (χ0) is 32.2. The van der Waals surface area contributed by atoms with Crippen LogP contribution in [0.15, 0.2) is 60.7 Å². The number of carbonyl (C=O) groups excluding carboxylic acids is 4. The van der Waals surface area contributed by atoms with Gasteiger partial charge in [0.1, 0.15) is 23.9 Å². The summed E-state index contributed by atoms with van der Waals surface area (Å²) in [5.41, 5.74) is -6.59. The minimum Gasteiger partial charge on any atom is -0.459 e. The summed E-state index contributed by atoms with van der Waals surface area (Å²) in [6.45, 7) is 8.69. The molecular formula is C33H38O11. The van der Waals surface area contributed by atoms with E-state index in [2.05, 4.69) is 0 Å². The number of hydrogen-bond acceptors (Lipinski definition) is 11. The summed E-state index contributed by atoms with van der Waals surface area (Å²) in [6.07, 6.45) is -7.41. The Hall–Kier alpha value is -3.80. The van der Waals surface area contributed by atoms with E-state index in [1.165, 1.54) is 20.8 Å². The lowest BCUT2D eigenvalue weighted by Crippen LogP contribution is -2.83. The second-order valence-corrected chi connectivity index (χ2v) is 12.8. The molecule has 2 unspecified atom stereocenters. The Kier molecular flexibility index (Phi) is 7.89. The van der Waals surface area contributed by atoms with Crippen LogP contribution in [0.2, 0.25) is 0 Å². The minimum absolute atomic E-state index is 0.181. The average molecular weight is 611 g/mol. The normalized spacial score (nSPS) is 36.8. The van der Waals surface area contributed by atoms with Gasteiger partial charge in [0.2, 0.25) is 0 Å². The third-order valence-corrected chi connectivity index (χ3v) is 9.43. The van der Waals surface area contributed by atoms with Crippen molar-refractivity contribution in [3.8, 4) is 0 Å². The van der Waals surface area contributed by atoms with Crippen LogP contribution in [0.25, 0.3) is 0 Å². The molecule has 2 aromatic carbocycles. The van der Waals surface area contributed by atoms with E-state index in [0.29, 0.717) is 0 Å². The number of fused-ring (bicyclic) bond motifs is 1. The summed E-state index contributed by atoms with van der Waals surface area (Å²) in [4.78, 5) is 52.5. The quantitative estimate of drug-likeness (QED) is 0.366. The largest absolute Gasteiger partial charge is 0.459 e. The van der Waals surface area contributed by atoms with Crippen LogP contribution in [0.1, 0.15) is 68.7 Å². The second kappa shape index (κ2) is 11.0. The van der Waals surface area contributed by atoms with Gasteiger partial charge in [0.25, 0.3) is 0 Å². The Morgan fingerprint density at radius 1 is 0.727 bits per heavy atom. The summed E-state index contributed by atoms with van der Waals surface area (Å²) in [5, 5.41) is 23.6. The lowest BCUT2D eigenvalue weighted by Gasteiger charge is -2.65. The van der Waals surface area contributed by atoms with Gasteiger partial charge < -0.3 is 33.9 Å². The van der Waals surface area contributed by atoms with Crippen molar-refractivity contribution in [3.05, 3.63) is 71.8 Å². The first-order valence-electron chi connectivity index (χ1n) is 14.5. The lowest BCUT2D eigenvalue weighted by atomic mass is 9.46. The summed E-state index contributed by atoms with van der Waals surface area (Å²) in [7, 11) is 0. The molecule has 2 aromatic rings. The monoisotopic (exact) mass is 610 g/mol. The highest BCUT2D eigenvalue weighted by Crippen LogP contribution is 2.69. The number of esters is 4. The number of carbonyl (C=O) groups is 4. The molecule has 0 radical (unpaired) electrons. The number of aliphatic hydroxyl groups excluding tert-OH is 1. The first-order valence-corrected chi connectivity index (χ1v) is 14.5. The molecule has 1 spiro atoms. The van der Waals surface area contributed by atoms with Crippen molar-refractivity contribution in [3.63, 3.8) is 0 Å². The van der Waals surface area contributed by atoms with E-state index in [1.54, 1.807) is 74.5 Å². The molecule has 2 N–H and O–H groups in total. The standard InChI is InChI=1S/C33H38O11/c1-18(34)40-25-22(36)17-31(5,39)33-26(41-19(2)35)23(30(3,4)44-33)24(42-28(37)20-13-9-7-10-14-20)27(32(25,33)6)43-29(38)21-15-11-8-12-16-21/h7-16,22-27,36,39H,17H2,1-6H3/t22-,23-,24-,25-,26?,27-,31-,32-,33?/m1/s1. The van der Waals surface area contributed by atoms with E-state index in [0.717, 1.165) is 6.92 Å². The van der Waals surface area contributed by atoms with Gasteiger partial charge in [-0.25, -0.2) is 9.59 Å². The molecule has 9 atom stereocenters. The molecule has 2 aliphatic carbocycles. The zero-order valence-electron chi connectivity index (χ0n) is 25.5. The van der Waals surface area contributed by atoms with Gasteiger partial charge in [-0.1, -0.05) is 36.4 Å². The zero-order valence-corrected chi connectivity index (χ0v) is 25.5. The number of hydrogen-bond donors (Lipinski definition) is 2. The summed E-state index contributed by atoms with van der Waals surface area (Å²) >= 11 is 0. The van der Waals surface area contributed by atoms with Gasteiger partial charge in [-0.2, -0.15) is 0 Å². The first kappa shape index (κ1) is 31.6. The SMILES string of the molecule is CC(=O)OC1[C@H]2[C@@H](OC(=O)c3ccccc3)[C@@H](OC(=O)c3ccccc3)[C@@]3(C)[C@H](OC(C)=O)[C@H](O)C[C@@](C)(O)C13OC2(C)C. The number of benzene rings is 2. The molecule has 2 saturated carbocycles. The molecule has 5 rings (SSSR count). The van der Waals surface area contributed by atoms with Crippen LogP contribution in [-0.2, 0) is 33.3 Å². The Balaban J connectivity index is 1.78. The first-order chi connectivity index (χ1) is 20.6. The van der Waals surface area contributed by atoms with E-state index in [4.69, 9.17) is 23.7 Å². The van der Waals surface area contributed by atoms with Crippen LogP contribution in [0.4, 0.5) is 0 Å². The predicted octanol–water partition coefficient (Wildman–Crippen LogP) is 3.00. The van der Waals surface area contributed by atoms with Crippen molar-refractivity contribution in [2.24, 2.45) is 11.3 Å². The van der Waals surface area contributed by atoms with Crippen LogP contribution in [0.3, 0.4) is 0 Å². The Bertz CT molecular complexity index is 1440. The van der Waals surface area contributed by atoms with E-state index >= 15 is 0 Å². The van der Waals surface area contributed by atoms with Crippen LogP contribution in [0, 0.1) is 11.3 Å². The molecule has 1 heterocycles. The molecule has 1 saturated heterocycles. The maximum absolute atomic E-state index is 13.7. The topological polar surface area (TPSA) is 155 Å². The Labute approximate surface area is 255 Å². The molecule has 0 amide bonds. The summed E-state index contributed by atoms with van der Waals surface area (Å²) < 4.78 is 30.9. The van der Waals surface area contributed by atoms with E-state index in [9.17, 15) is 29.4 Å². The van der Waals surface area contributed by atoms with E-state index in [-0.39, 0.29) is 17.5 Å². The highest BCUT2D eigenvalue weighted by atomic mass is 16.6. The summed E-state index contributed by atoms with van der Waals surface area (Å²) in [6, 6.07) is 16.3. The molecule has 11 heteroatoms. The van der Waals surface area contributed by atoms with Crippen molar-refractivity contribution >= 4 is 23.9 Å². The maximum Gasteiger partial charge on any atom is 0.338 e. The number of rotatable bonds is 6. The molecule has 3 fully saturated rings. The second-order valence-electron chi connectivity index (χ2n) is 12.8. The maximum atomic E-state index is 13.7. The molecule has 2 bridgehead atoms. The van der Waals surface area contributed by atoms with Crippen LogP contribution < -0.4 is 0 Å². The highest BCUT2D eigenvalue weighted by Gasteiger charge is 2.86. The molecular weight excluding hydrogens is 572 g/mol. The third kappa shape index (κ3) is 4.78. The molecule has 44 heavy (non-hydrogen) atoms. The van der Waals surface area contributed by atoms with Gasteiger partial charge in [-0.05, 0) is 52.0 Å². The molecule has 11 nitrogen and oxygen atoms in total. The van der Waals surface area contributed by atoms with Crippen molar-refractivity contribution in [2.75, 3.05) is 0 Å². The van der Waals surface area contributed by atoms with Gasteiger partial charge in [-0.15, -0.1) is 0 Å². The van der Waals surface area contributed by atoms with E-state index in [1.807, 2.05) is 0 Å². The number of ether oxygens (including phenoxy) is 5. The predicted molar refractivity (Wildman–Crippen MR) is 153 cm³/mol. The van der Waals surface area contributed by atoms with E-state index < -0.39 is 82.5 Å². The third-order valence-electron chi connectivity index (χ3n) is 9.43. The van der Waals surface area contributed by atoms with Crippen molar-refractivity contribution in [2.45, 2.75) is 95.3 Å². The van der Waals surface area contributed by atoms with Gasteiger partial charge >= 0.3 is 23.9 Å². The van der Waals surface area contributed by atoms with Crippen LogP contribution >= 0.6 is 0 Å². The fourth-order valence-corrected chi connectivity index (χ4v) is 7.88. The smallest absolute Gasteiger partial charge is 0.338 e. The van der Waals surface area contributed by atoms with Crippen molar-refractivity contribution < 1.29 is 53.1 Å². The summed E-state index contributed by atoms with van der Waals surface area (Å²) in [5.74, 6) is -4.01. The fraction of sp³-hybridized carbons (Fsp3) is 0.515. The average Bonchev–Trinajstić information content (AvgIpc) is 3.16. The Morgan fingerprint density at radius 3 is 1.70 bits per heavy atom. The highest BCUT2D eigenvalue weighted by molar-refractivity contribution is 5.90. The fourth-order valence-electron chi connectivity index (χ4n) is 7.88. The molecule has 1 aliphatic heterocycles. The lowest BCUT2D eigenvalue weighted by molar-refractivity contribution is -0.351. The van der Waals surface area contributed by atoms with Gasteiger partial charge in [-0.3, -0.25) is 9.59 Å². The molecule has 3 aliphatic rings. The van der Waals surface area contributed by atoms with Gasteiger partial charge in [0.15, 0.2) is 6.10 Å². The molecule has 236 valence electrons. The Morgan fingerprint density at radius 2 is 1.20 bits per heavy atom. The van der Waals surface area contributed by atoms with Crippen molar-refractivity contribution in [1.29, 1.82) is 0 Å². The van der Waals surface area contributed by atoms with Gasteiger partial charge in [0, 0.05) is 20.3 Å². The minimum atomic E-state index is -1.93. The van der Waals surface area contributed by atoms with Gasteiger partial charge in [0.05, 0.1) is 39.8 Å². The van der Waals surface area contributed by atoms with Crippen molar-refractivity contribution in [1.82, 2.24) is 0 Å². The molecule has 0 aromatic heterocycles.